The maximum atomic E-state index is 13.0. The zero-order valence-corrected chi connectivity index (χ0v) is 11.0. The molecule has 6 nitrogen and oxygen atoms in total. The number of carbonyl (C=O) groups is 1. The molecule has 2 rings (SSSR count). The van der Waals surface area contributed by atoms with E-state index in [1.54, 1.807) is 0 Å². The Morgan fingerprint density at radius 1 is 1.29 bits per heavy atom. The van der Waals surface area contributed by atoms with Crippen molar-refractivity contribution >= 4 is 23.3 Å². The van der Waals surface area contributed by atoms with Gasteiger partial charge in [-0.2, -0.15) is 0 Å². The van der Waals surface area contributed by atoms with Gasteiger partial charge < -0.3 is 9.84 Å². The third-order valence-corrected chi connectivity index (χ3v) is 2.81. The van der Waals surface area contributed by atoms with E-state index < -0.39 is 22.4 Å². The highest BCUT2D eigenvalue weighted by Gasteiger charge is 2.19. The lowest BCUT2D eigenvalue weighted by Crippen LogP contribution is -1.99. The largest absolute Gasteiger partial charge is 0.478 e. The van der Waals surface area contributed by atoms with Gasteiger partial charge in [0.05, 0.1) is 15.5 Å². The van der Waals surface area contributed by atoms with Gasteiger partial charge in [-0.15, -0.1) is 0 Å². The number of benzene rings is 2. The Hall–Kier alpha value is -2.67. The molecule has 0 saturated carbocycles. The number of nitrogens with zero attached hydrogens (tertiary/aromatic N) is 1. The number of hydrogen-bond donors (Lipinski definition) is 1. The van der Waals surface area contributed by atoms with Crippen LogP contribution in [0.2, 0.25) is 5.02 Å². The number of halogens is 2. The number of carboxylic acids is 1. The number of carboxylic acid groups (broad SMARTS) is 1. The first kappa shape index (κ1) is 14.7. The lowest BCUT2D eigenvalue weighted by atomic mass is 10.2. The van der Waals surface area contributed by atoms with E-state index in [0.717, 1.165) is 30.3 Å². The molecule has 0 atom stereocenters. The van der Waals surface area contributed by atoms with Crippen molar-refractivity contribution in [3.8, 4) is 11.5 Å². The molecule has 0 unspecified atom stereocenters. The average Bonchev–Trinajstić information content (AvgIpc) is 2.42. The van der Waals surface area contributed by atoms with Crippen molar-refractivity contribution in [2.45, 2.75) is 0 Å². The summed E-state index contributed by atoms with van der Waals surface area (Å²) in [5, 5.41) is 19.6. The number of nitro benzene ring substituents is 1. The van der Waals surface area contributed by atoms with Crippen LogP contribution in [0.5, 0.6) is 11.5 Å². The van der Waals surface area contributed by atoms with Crippen LogP contribution < -0.4 is 4.74 Å². The van der Waals surface area contributed by atoms with E-state index in [1.165, 1.54) is 6.07 Å². The minimum absolute atomic E-state index is 0.0482. The van der Waals surface area contributed by atoms with Crippen molar-refractivity contribution in [1.82, 2.24) is 0 Å². The summed E-state index contributed by atoms with van der Waals surface area (Å²) in [7, 11) is 0. The lowest BCUT2D eigenvalue weighted by Gasteiger charge is -2.07. The maximum absolute atomic E-state index is 13.0. The molecule has 8 heteroatoms. The summed E-state index contributed by atoms with van der Waals surface area (Å²) < 4.78 is 18.3. The van der Waals surface area contributed by atoms with Crippen LogP contribution in [0.25, 0.3) is 0 Å². The van der Waals surface area contributed by atoms with Crippen molar-refractivity contribution in [1.29, 1.82) is 0 Å². The SMILES string of the molecule is O=C(O)c1ccc([N+](=O)[O-])c(Oc2ccc(F)c(Cl)c2)c1. The van der Waals surface area contributed by atoms with Gasteiger partial charge in [-0.05, 0) is 18.2 Å². The smallest absolute Gasteiger partial charge is 0.335 e. The third kappa shape index (κ3) is 3.26. The van der Waals surface area contributed by atoms with Gasteiger partial charge >= 0.3 is 11.7 Å². The number of nitro groups is 1. The monoisotopic (exact) mass is 311 g/mol. The summed E-state index contributed by atoms with van der Waals surface area (Å²) in [6.07, 6.45) is 0. The van der Waals surface area contributed by atoms with Crippen LogP contribution in [0.1, 0.15) is 10.4 Å². The molecular formula is C13H7ClFNO5. The summed E-state index contributed by atoms with van der Waals surface area (Å²) in [4.78, 5) is 21.1. The fourth-order valence-electron chi connectivity index (χ4n) is 1.55. The number of hydrogen-bond acceptors (Lipinski definition) is 4. The highest BCUT2D eigenvalue weighted by Crippen LogP contribution is 2.33. The van der Waals surface area contributed by atoms with E-state index in [9.17, 15) is 19.3 Å². The summed E-state index contributed by atoms with van der Waals surface area (Å²) >= 11 is 5.58. The van der Waals surface area contributed by atoms with Gasteiger partial charge in [-0.1, -0.05) is 11.6 Å². The molecule has 2 aromatic carbocycles. The minimum atomic E-state index is -1.26. The lowest BCUT2D eigenvalue weighted by molar-refractivity contribution is -0.385. The molecule has 0 radical (unpaired) electrons. The van der Waals surface area contributed by atoms with Crippen LogP contribution in [0.4, 0.5) is 10.1 Å². The third-order valence-electron chi connectivity index (χ3n) is 2.52. The van der Waals surface area contributed by atoms with E-state index in [4.69, 9.17) is 21.4 Å². The number of rotatable bonds is 4. The molecule has 0 aliphatic heterocycles. The van der Waals surface area contributed by atoms with Crippen LogP contribution in [0.3, 0.4) is 0 Å². The first-order valence-electron chi connectivity index (χ1n) is 5.53. The van der Waals surface area contributed by atoms with Gasteiger partial charge in [-0.25, -0.2) is 9.18 Å². The van der Waals surface area contributed by atoms with Crippen LogP contribution in [-0.4, -0.2) is 16.0 Å². The van der Waals surface area contributed by atoms with Gasteiger partial charge in [0.1, 0.15) is 11.6 Å². The van der Waals surface area contributed by atoms with Crippen LogP contribution in [-0.2, 0) is 0 Å². The van der Waals surface area contributed by atoms with E-state index >= 15 is 0 Å². The molecule has 2 aromatic rings. The first-order chi connectivity index (χ1) is 9.88. The highest BCUT2D eigenvalue weighted by molar-refractivity contribution is 6.30. The average molecular weight is 312 g/mol. The van der Waals surface area contributed by atoms with E-state index in [-0.39, 0.29) is 22.1 Å². The molecule has 1 N–H and O–H groups in total. The zero-order chi connectivity index (χ0) is 15.6. The standard InChI is InChI=1S/C13H7ClFNO5/c14-9-6-8(2-3-10(9)15)21-12-5-7(13(17)18)1-4-11(12)16(19)20/h1-6H,(H,17,18). The molecule has 0 bridgehead atoms. The van der Waals surface area contributed by atoms with Gasteiger partial charge in [0.25, 0.3) is 0 Å². The molecule has 108 valence electrons. The second kappa shape index (κ2) is 5.76. The quantitative estimate of drug-likeness (QED) is 0.683. The highest BCUT2D eigenvalue weighted by atomic mass is 35.5. The Balaban J connectivity index is 2.45. The number of aromatic carboxylic acids is 1. The van der Waals surface area contributed by atoms with Gasteiger partial charge in [-0.3, -0.25) is 10.1 Å². The molecule has 0 spiro atoms. The molecular weight excluding hydrogens is 305 g/mol. The van der Waals surface area contributed by atoms with E-state index in [2.05, 4.69) is 0 Å². The Morgan fingerprint density at radius 3 is 2.57 bits per heavy atom. The summed E-state index contributed by atoms with van der Waals surface area (Å²) in [6, 6.07) is 6.50. The molecule has 0 amide bonds. The van der Waals surface area contributed by atoms with Crippen molar-refractivity contribution in [2.24, 2.45) is 0 Å². The Morgan fingerprint density at radius 2 is 2.00 bits per heavy atom. The molecule has 0 saturated heterocycles. The second-order valence-corrected chi connectivity index (χ2v) is 4.33. The summed E-state index contributed by atoms with van der Waals surface area (Å²) in [5.41, 5.74) is -0.593. The van der Waals surface area contributed by atoms with Crippen LogP contribution in [0, 0.1) is 15.9 Å². The molecule has 21 heavy (non-hydrogen) atoms. The maximum Gasteiger partial charge on any atom is 0.335 e. The van der Waals surface area contributed by atoms with Gasteiger partial charge in [0.15, 0.2) is 0 Å². The molecule has 0 fully saturated rings. The Labute approximate surface area is 122 Å². The van der Waals surface area contributed by atoms with Gasteiger partial charge in [0.2, 0.25) is 5.75 Å². The molecule has 0 heterocycles. The summed E-state index contributed by atoms with van der Waals surface area (Å²) in [5.74, 6) is -2.15. The molecule has 0 aliphatic rings. The fourth-order valence-corrected chi connectivity index (χ4v) is 1.72. The first-order valence-corrected chi connectivity index (χ1v) is 5.91. The molecule has 0 aromatic heterocycles. The minimum Gasteiger partial charge on any atom is -0.478 e. The van der Waals surface area contributed by atoms with Crippen molar-refractivity contribution < 1.29 is 24.0 Å². The second-order valence-electron chi connectivity index (χ2n) is 3.92. The Bertz CT molecular complexity index is 734. The Kier molecular flexibility index (Phi) is 4.04. The van der Waals surface area contributed by atoms with Crippen molar-refractivity contribution in [3.05, 3.63) is 62.9 Å². The zero-order valence-electron chi connectivity index (χ0n) is 10.2. The topological polar surface area (TPSA) is 89.7 Å². The fraction of sp³-hybridized carbons (Fsp3) is 0. The van der Waals surface area contributed by atoms with Crippen molar-refractivity contribution in [2.75, 3.05) is 0 Å². The normalized spacial score (nSPS) is 10.2. The predicted octanol–water partition coefficient (Wildman–Crippen LogP) is 3.88. The van der Waals surface area contributed by atoms with Crippen molar-refractivity contribution in [3.63, 3.8) is 0 Å². The predicted molar refractivity (Wildman–Crippen MR) is 71.5 cm³/mol. The van der Waals surface area contributed by atoms with E-state index in [0.29, 0.717) is 0 Å². The van der Waals surface area contributed by atoms with E-state index in [1.807, 2.05) is 0 Å². The van der Waals surface area contributed by atoms with Gasteiger partial charge in [0, 0.05) is 18.2 Å². The van der Waals surface area contributed by atoms with Crippen LogP contribution in [0.15, 0.2) is 36.4 Å². The number of ether oxygens (including phenoxy) is 1. The summed E-state index contributed by atoms with van der Waals surface area (Å²) in [6.45, 7) is 0. The molecule has 0 aliphatic carbocycles. The van der Waals surface area contributed by atoms with Crippen LogP contribution >= 0.6 is 11.6 Å².